The second-order valence-corrected chi connectivity index (χ2v) is 4.17. The molecule has 1 aromatic heterocycles. The van der Waals surface area contributed by atoms with E-state index in [1.165, 1.54) is 0 Å². The van der Waals surface area contributed by atoms with Crippen LogP contribution in [0, 0.1) is 0 Å². The van der Waals surface area contributed by atoms with Gasteiger partial charge >= 0.3 is 0 Å². The number of ether oxygens (including phenoxy) is 1. The van der Waals surface area contributed by atoms with Gasteiger partial charge in [0, 0.05) is 5.56 Å². The number of hydrogen-bond acceptors (Lipinski definition) is 3. The quantitative estimate of drug-likeness (QED) is 0.854. The molecule has 0 aliphatic heterocycles. The van der Waals surface area contributed by atoms with Gasteiger partial charge in [-0.15, -0.1) is 0 Å². The highest BCUT2D eigenvalue weighted by Crippen LogP contribution is 2.33. The molecular weight excluding hydrogens is 293 g/mol. The lowest BCUT2D eigenvalue weighted by atomic mass is 10.1. The van der Waals surface area contributed by atoms with Crippen molar-refractivity contribution in [3.05, 3.63) is 34.0 Å². The molecule has 2 aromatic rings. The molecule has 0 saturated carbocycles. The van der Waals surface area contributed by atoms with E-state index in [4.69, 9.17) is 20.9 Å². The predicted molar refractivity (Wildman–Crippen MR) is 65.8 cm³/mol. The van der Waals surface area contributed by atoms with Crippen molar-refractivity contribution in [1.29, 1.82) is 0 Å². The van der Waals surface area contributed by atoms with Crippen molar-refractivity contribution in [2.75, 3.05) is 6.61 Å². The zero-order valence-corrected chi connectivity index (χ0v) is 10.9. The molecule has 0 fully saturated rings. The summed E-state index contributed by atoms with van der Waals surface area (Å²) in [6.45, 7) is 2.59. The molecule has 0 atom stereocenters. The summed E-state index contributed by atoms with van der Waals surface area (Å²) in [6, 6.07) is 7.53. The van der Waals surface area contributed by atoms with E-state index in [-0.39, 0.29) is 0 Å². The van der Waals surface area contributed by atoms with Gasteiger partial charge in [-0.1, -0.05) is 16.8 Å². The van der Waals surface area contributed by atoms with Crippen LogP contribution in [-0.2, 0) is 0 Å². The average molecular weight is 303 g/mol. The SMILES string of the molecule is CCOc1ccc(-c2noc(Br)c2Cl)cc1. The van der Waals surface area contributed by atoms with Crippen LogP contribution in [0.2, 0.25) is 5.02 Å². The Bertz CT molecular complexity index is 481. The van der Waals surface area contributed by atoms with E-state index in [1.54, 1.807) is 0 Å². The maximum Gasteiger partial charge on any atom is 0.221 e. The molecule has 0 aliphatic carbocycles. The molecule has 1 aromatic carbocycles. The third-order valence-corrected chi connectivity index (χ3v) is 3.16. The Labute approximate surface area is 106 Å². The Morgan fingerprint density at radius 1 is 1.38 bits per heavy atom. The van der Waals surface area contributed by atoms with Crippen LogP contribution in [-0.4, -0.2) is 11.8 Å². The Kier molecular flexibility index (Phi) is 3.51. The Balaban J connectivity index is 2.31. The molecule has 16 heavy (non-hydrogen) atoms. The van der Waals surface area contributed by atoms with Gasteiger partial charge in [0.05, 0.1) is 6.61 Å². The second-order valence-electron chi connectivity index (χ2n) is 3.08. The maximum absolute atomic E-state index is 6.01. The van der Waals surface area contributed by atoms with E-state index < -0.39 is 0 Å². The van der Waals surface area contributed by atoms with Crippen LogP contribution in [0.25, 0.3) is 11.3 Å². The summed E-state index contributed by atoms with van der Waals surface area (Å²) in [7, 11) is 0. The summed E-state index contributed by atoms with van der Waals surface area (Å²) in [5.41, 5.74) is 1.51. The Morgan fingerprint density at radius 3 is 2.56 bits per heavy atom. The van der Waals surface area contributed by atoms with Gasteiger partial charge in [0.1, 0.15) is 16.5 Å². The summed E-state index contributed by atoms with van der Waals surface area (Å²) in [6.07, 6.45) is 0. The number of benzene rings is 1. The summed E-state index contributed by atoms with van der Waals surface area (Å²) >= 11 is 9.18. The molecule has 0 bridgehead atoms. The number of rotatable bonds is 3. The van der Waals surface area contributed by atoms with Gasteiger partial charge in [-0.25, -0.2) is 0 Å². The van der Waals surface area contributed by atoms with Gasteiger partial charge in [0.15, 0.2) is 0 Å². The minimum absolute atomic E-state index is 0.443. The van der Waals surface area contributed by atoms with Gasteiger partial charge in [0.2, 0.25) is 4.67 Å². The van der Waals surface area contributed by atoms with Gasteiger partial charge < -0.3 is 9.26 Å². The first-order chi connectivity index (χ1) is 7.72. The van der Waals surface area contributed by atoms with E-state index in [2.05, 4.69) is 21.1 Å². The van der Waals surface area contributed by atoms with E-state index in [0.717, 1.165) is 11.3 Å². The highest BCUT2D eigenvalue weighted by molar-refractivity contribution is 9.10. The summed E-state index contributed by atoms with van der Waals surface area (Å²) in [5.74, 6) is 0.824. The maximum atomic E-state index is 6.01. The van der Waals surface area contributed by atoms with Crippen molar-refractivity contribution in [2.24, 2.45) is 0 Å². The third-order valence-electron chi connectivity index (χ3n) is 2.04. The predicted octanol–water partition coefficient (Wildman–Crippen LogP) is 4.16. The Morgan fingerprint density at radius 2 is 2.06 bits per heavy atom. The monoisotopic (exact) mass is 301 g/mol. The molecule has 84 valence electrons. The van der Waals surface area contributed by atoms with Crippen LogP contribution in [0.3, 0.4) is 0 Å². The van der Waals surface area contributed by atoms with Gasteiger partial charge in [-0.3, -0.25) is 0 Å². The lowest BCUT2D eigenvalue weighted by Gasteiger charge is -2.02. The molecule has 0 radical (unpaired) electrons. The van der Waals surface area contributed by atoms with Crippen LogP contribution in [0.5, 0.6) is 5.75 Å². The first-order valence-electron chi connectivity index (χ1n) is 4.76. The second kappa shape index (κ2) is 4.89. The largest absolute Gasteiger partial charge is 0.494 e. The standard InChI is InChI=1S/C11H9BrClNO2/c1-2-15-8-5-3-7(4-6-8)10-9(13)11(12)16-14-10/h3-6H,2H2,1H3. The number of halogens is 2. The van der Waals surface area contributed by atoms with Crippen molar-refractivity contribution >= 4 is 27.5 Å². The van der Waals surface area contributed by atoms with Gasteiger partial charge in [0.25, 0.3) is 0 Å². The first-order valence-corrected chi connectivity index (χ1v) is 5.93. The minimum Gasteiger partial charge on any atom is -0.494 e. The fraction of sp³-hybridized carbons (Fsp3) is 0.182. The summed E-state index contributed by atoms with van der Waals surface area (Å²) in [5, 5.41) is 4.34. The van der Waals surface area contributed by atoms with E-state index in [9.17, 15) is 0 Å². The fourth-order valence-corrected chi connectivity index (χ4v) is 1.75. The van der Waals surface area contributed by atoms with Crippen LogP contribution in [0.15, 0.2) is 33.5 Å². The average Bonchev–Trinajstić information content (AvgIpc) is 2.62. The normalized spacial score (nSPS) is 10.4. The molecule has 0 aliphatic rings. The molecule has 5 heteroatoms. The molecule has 0 N–H and O–H groups in total. The van der Waals surface area contributed by atoms with E-state index >= 15 is 0 Å². The lowest BCUT2D eigenvalue weighted by molar-refractivity contribution is 0.340. The molecule has 0 amide bonds. The minimum atomic E-state index is 0.443. The van der Waals surface area contributed by atoms with E-state index in [0.29, 0.717) is 22.0 Å². The molecule has 0 saturated heterocycles. The third kappa shape index (κ3) is 2.23. The first kappa shape index (κ1) is 11.5. The summed E-state index contributed by atoms with van der Waals surface area (Å²) < 4.78 is 10.7. The molecule has 0 unspecified atom stereocenters. The van der Waals surface area contributed by atoms with Crippen LogP contribution >= 0.6 is 27.5 Å². The fourth-order valence-electron chi connectivity index (χ4n) is 1.31. The molecule has 3 nitrogen and oxygen atoms in total. The van der Waals surface area contributed by atoms with E-state index in [1.807, 2.05) is 31.2 Å². The number of hydrogen-bond donors (Lipinski definition) is 0. The lowest BCUT2D eigenvalue weighted by Crippen LogP contribution is -1.90. The molecule has 2 rings (SSSR count). The van der Waals surface area contributed by atoms with Gasteiger partial charge in [-0.2, -0.15) is 0 Å². The highest BCUT2D eigenvalue weighted by Gasteiger charge is 2.13. The van der Waals surface area contributed by atoms with Crippen molar-refractivity contribution < 1.29 is 9.26 Å². The van der Waals surface area contributed by atoms with Crippen LogP contribution < -0.4 is 4.74 Å². The molecule has 0 spiro atoms. The molecule has 1 heterocycles. The number of nitrogens with zero attached hydrogens (tertiary/aromatic N) is 1. The van der Waals surface area contributed by atoms with Crippen molar-refractivity contribution in [3.63, 3.8) is 0 Å². The van der Waals surface area contributed by atoms with Gasteiger partial charge in [-0.05, 0) is 47.1 Å². The highest BCUT2D eigenvalue weighted by atomic mass is 79.9. The molecular formula is C11H9BrClNO2. The topological polar surface area (TPSA) is 35.3 Å². The van der Waals surface area contributed by atoms with Crippen molar-refractivity contribution in [1.82, 2.24) is 5.16 Å². The smallest absolute Gasteiger partial charge is 0.221 e. The number of aromatic nitrogens is 1. The summed E-state index contributed by atoms with van der Waals surface area (Å²) in [4.78, 5) is 0. The zero-order valence-electron chi connectivity index (χ0n) is 8.54. The van der Waals surface area contributed by atoms with Crippen molar-refractivity contribution in [2.45, 2.75) is 6.92 Å². The van der Waals surface area contributed by atoms with Crippen molar-refractivity contribution in [3.8, 4) is 17.0 Å². The zero-order chi connectivity index (χ0) is 11.5. The van der Waals surface area contributed by atoms with Crippen LogP contribution in [0.1, 0.15) is 6.92 Å². The Hall–Kier alpha value is -1.000. The van der Waals surface area contributed by atoms with Crippen LogP contribution in [0.4, 0.5) is 0 Å².